The fourth-order valence-electron chi connectivity index (χ4n) is 3.39. The smallest absolute Gasteiger partial charge is 0.307 e. The van der Waals surface area contributed by atoms with E-state index in [0.717, 1.165) is 29.8 Å². The molecule has 2 aromatic rings. The van der Waals surface area contributed by atoms with Gasteiger partial charge in [-0.05, 0) is 48.7 Å². The first-order valence-corrected chi connectivity index (χ1v) is 8.26. The van der Waals surface area contributed by atoms with E-state index in [4.69, 9.17) is 9.84 Å². The SMILES string of the molecule is COc1ccc(-c2ccccc2C)cc1CN1CCC(C(=O)O)C1. The molecule has 126 valence electrons. The largest absolute Gasteiger partial charge is 0.496 e. The number of rotatable bonds is 5. The lowest BCUT2D eigenvalue weighted by molar-refractivity contribution is -0.141. The van der Waals surface area contributed by atoms with Crippen molar-refractivity contribution in [2.24, 2.45) is 5.92 Å². The lowest BCUT2D eigenvalue weighted by Gasteiger charge is -2.18. The van der Waals surface area contributed by atoms with Gasteiger partial charge < -0.3 is 9.84 Å². The zero-order valence-corrected chi connectivity index (χ0v) is 14.2. The summed E-state index contributed by atoms with van der Waals surface area (Å²) in [6.07, 6.45) is 0.717. The van der Waals surface area contributed by atoms with Gasteiger partial charge in [0.05, 0.1) is 13.0 Å². The van der Waals surface area contributed by atoms with Crippen molar-refractivity contribution in [3.8, 4) is 16.9 Å². The number of carbonyl (C=O) groups is 1. The van der Waals surface area contributed by atoms with Gasteiger partial charge in [0.25, 0.3) is 0 Å². The van der Waals surface area contributed by atoms with Gasteiger partial charge in [-0.15, -0.1) is 0 Å². The van der Waals surface area contributed by atoms with Crippen LogP contribution >= 0.6 is 0 Å². The minimum atomic E-state index is -0.696. The monoisotopic (exact) mass is 325 g/mol. The highest BCUT2D eigenvalue weighted by Gasteiger charge is 2.28. The predicted octanol–water partition coefficient (Wildman–Crippen LogP) is 3.58. The highest BCUT2D eigenvalue weighted by molar-refractivity contribution is 5.71. The lowest BCUT2D eigenvalue weighted by atomic mass is 9.98. The average molecular weight is 325 g/mol. The molecular formula is C20H23NO3. The topological polar surface area (TPSA) is 49.8 Å². The molecule has 2 aromatic carbocycles. The van der Waals surface area contributed by atoms with Crippen LogP contribution in [0.2, 0.25) is 0 Å². The fourth-order valence-corrected chi connectivity index (χ4v) is 3.39. The maximum absolute atomic E-state index is 11.1. The number of carboxylic acid groups (broad SMARTS) is 1. The average Bonchev–Trinajstić information content (AvgIpc) is 3.04. The number of methoxy groups -OCH3 is 1. The maximum atomic E-state index is 11.1. The number of nitrogens with zero attached hydrogens (tertiary/aromatic N) is 1. The molecule has 4 nitrogen and oxygen atoms in total. The highest BCUT2D eigenvalue weighted by Crippen LogP contribution is 2.30. The summed E-state index contributed by atoms with van der Waals surface area (Å²) in [5, 5.41) is 9.17. The number of benzene rings is 2. The van der Waals surface area contributed by atoms with Crippen LogP contribution in [0.15, 0.2) is 42.5 Å². The van der Waals surface area contributed by atoms with Crippen LogP contribution < -0.4 is 4.74 Å². The Balaban J connectivity index is 1.86. The number of hydrogen-bond acceptors (Lipinski definition) is 3. The van der Waals surface area contributed by atoms with Gasteiger partial charge in [-0.2, -0.15) is 0 Å². The quantitative estimate of drug-likeness (QED) is 0.913. The first-order chi connectivity index (χ1) is 11.6. The molecule has 0 bridgehead atoms. The van der Waals surface area contributed by atoms with Crippen molar-refractivity contribution in [3.05, 3.63) is 53.6 Å². The first-order valence-electron chi connectivity index (χ1n) is 8.26. The van der Waals surface area contributed by atoms with E-state index in [-0.39, 0.29) is 5.92 Å². The molecule has 0 aromatic heterocycles. The second kappa shape index (κ2) is 7.05. The van der Waals surface area contributed by atoms with E-state index in [0.29, 0.717) is 13.1 Å². The van der Waals surface area contributed by atoms with E-state index in [1.807, 2.05) is 18.2 Å². The van der Waals surface area contributed by atoms with Crippen molar-refractivity contribution >= 4 is 5.97 Å². The number of aryl methyl sites for hydroxylation is 1. The first kappa shape index (κ1) is 16.5. The van der Waals surface area contributed by atoms with Crippen LogP contribution in [0.5, 0.6) is 5.75 Å². The van der Waals surface area contributed by atoms with Gasteiger partial charge in [-0.3, -0.25) is 9.69 Å². The molecule has 1 N–H and O–H groups in total. The Hall–Kier alpha value is -2.33. The molecule has 1 heterocycles. The van der Waals surface area contributed by atoms with Gasteiger partial charge in [-0.25, -0.2) is 0 Å². The normalized spacial score (nSPS) is 17.8. The minimum absolute atomic E-state index is 0.254. The van der Waals surface area contributed by atoms with Gasteiger partial charge in [0, 0.05) is 18.7 Å². The van der Waals surface area contributed by atoms with E-state index < -0.39 is 5.97 Å². The van der Waals surface area contributed by atoms with E-state index in [1.165, 1.54) is 11.1 Å². The maximum Gasteiger partial charge on any atom is 0.307 e. The Bertz CT molecular complexity index is 741. The molecule has 0 amide bonds. The third-order valence-corrected chi connectivity index (χ3v) is 4.75. The summed E-state index contributed by atoms with van der Waals surface area (Å²) in [6, 6.07) is 14.6. The van der Waals surface area contributed by atoms with Gasteiger partial charge in [0.2, 0.25) is 0 Å². The second-order valence-electron chi connectivity index (χ2n) is 6.40. The summed E-state index contributed by atoms with van der Waals surface area (Å²) in [5.74, 6) is -0.0974. The molecule has 1 unspecified atom stereocenters. The molecule has 0 aliphatic carbocycles. The van der Waals surface area contributed by atoms with Crippen molar-refractivity contribution < 1.29 is 14.6 Å². The Morgan fingerprint density at radius 1 is 1.29 bits per heavy atom. The third kappa shape index (κ3) is 3.44. The predicted molar refractivity (Wildman–Crippen MR) is 94.2 cm³/mol. The van der Waals surface area contributed by atoms with Crippen LogP contribution in [0.1, 0.15) is 17.5 Å². The molecule has 24 heavy (non-hydrogen) atoms. The molecule has 3 rings (SSSR count). The molecule has 1 aliphatic heterocycles. The molecule has 4 heteroatoms. The van der Waals surface area contributed by atoms with Crippen molar-refractivity contribution in [3.63, 3.8) is 0 Å². The Labute approximate surface area is 142 Å². The minimum Gasteiger partial charge on any atom is -0.496 e. The van der Waals surface area contributed by atoms with E-state index >= 15 is 0 Å². The molecule has 1 fully saturated rings. The van der Waals surface area contributed by atoms with Crippen molar-refractivity contribution in [1.82, 2.24) is 4.90 Å². The number of likely N-dealkylation sites (tertiary alicyclic amines) is 1. The zero-order chi connectivity index (χ0) is 17.1. The standard InChI is InChI=1S/C20H23NO3/c1-14-5-3-4-6-18(14)15-7-8-19(24-2)17(11-15)13-21-10-9-16(12-21)20(22)23/h3-8,11,16H,9-10,12-13H2,1-2H3,(H,22,23). The highest BCUT2D eigenvalue weighted by atomic mass is 16.5. The molecule has 1 atom stereocenters. The van der Waals surface area contributed by atoms with Crippen LogP contribution in [-0.4, -0.2) is 36.2 Å². The summed E-state index contributed by atoms with van der Waals surface area (Å²) in [5.41, 5.74) is 4.72. The van der Waals surface area contributed by atoms with Crippen molar-refractivity contribution in [1.29, 1.82) is 0 Å². The molecule has 0 saturated carbocycles. The van der Waals surface area contributed by atoms with Crippen LogP contribution in [-0.2, 0) is 11.3 Å². The Morgan fingerprint density at radius 3 is 2.75 bits per heavy atom. The Morgan fingerprint density at radius 2 is 2.08 bits per heavy atom. The number of ether oxygens (including phenoxy) is 1. The van der Waals surface area contributed by atoms with E-state index in [1.54, 1.807) is 7.11 Å². The van der Waals surface area contributed by atoms with E-state index in [9.17, 15) is 4.79 Å². The van der Waals surface area contributed by atoms with Crippen molar-refractivity contribution in [2.75, 3.05) is 20.2 Å². The van der Waals surface area contributed by atoms with E-state index in [2.05, 4.69) is 36.1 Å². The summed E-state index contributed by atoms with van der Waals surface area (Å²) in [7, 11) is 1.68. The van der Waals surface area contributed by atoms with Crippen LogP contribution in [0, 0.1) is 12.8 Å². The van der Waals surface area contributed by atoms with Gasteiger partial charge >= 0.3 is 5.97 Å². The Kier molecular flexibility index (Phi) is 4.86. The number of hydrogen-bond donors (Lipinski definition) is 1. The van der Waals surface area contributed by atoms with Crippen LogP contribution in [0.3, 0.4) is 0 Å². The molecule has 0 radical (unpaired) electrons. The summed E-state index contributed by atoms with van der Waals surface area (Å²) < 4.78 is 5.51. The number of carboxylic acids is 1. The van der Waals surface area contributed by atoms with Crippen molar-refractivity contribution in [2.45, 2.75) is 19.9 Å². The number of aliphatic carboxylic acids is 1. The van der Waals surface area contributed by atoms with Gasteiger partial charge in [0.1, 0.15) is 5.75 Å². The molecule has 0 spiro atoms. The van der Waals surface area contributed by atoms with Crippen LogP contribution in [0.25, 0.3) is 11.1 Å². The summed E-state index contributed by atoms with van der Waals surface area (Å²) in [6.45, 7) is 4.24. The van der Waals surface area contributed by atoms with Crippen LogP contribution in [0.4, 0.5) is 0 Å². The second-order valence-corrected chi connectivity index (χ2v) is 6.40. The lowest BCUT2D eigenvalue weighted by Crippen LogP contribution is -2.23. The third-order valence-electron chi connectivity index (χ3n) is 4.75. The molecular weight excluding hydrogens is 302 g/mol. The summed E-state index contributed by atoms with van der Waals surface area (Å²) in [4.78, 5) is 13.3. The molecule has 1 aliphatic rings. The molecule has 1 saturated heterocycles. The van der Waals surface area contributed by atoms with Gasteiger partial charge in [-0.1, -0.05) is 30.3 Å². The zero-order valence-electron chi connectivity index (χ0n) is 14.2. The summed E-state index contributed by atoms with van der Waals surface area (Å²) >= 11 is 0. The fraction of sp³-hybridized carbons (Fsp3) is 0.350. The van der Waals surface area contributed by atoms with Gasteiger partial charge in [0.15, 0.2) is 0 Å².